The van der Waals surface area contributed by atoms with Crippen LogP contribution in [0.3, 0.4) is 0 Å². The van der Waals surface area contributed by atoms with E-state index in [4.69, 9.17) is 5.84 Å². The molecular formula is C12H22N4. The van der Waals surface area contributed by atoms with Crippen LogP contribution in [0.15, 0.2) is 6.20 Å². The van der Waals surface area contributed by atoms with Crippen LogP contribution in [0, 0.1) is 12.8 Å². The number of hydrogen-bond donors (Lipinski definition) is 2. The van der Waals surface area contributed by atoms with Gasteiger partial charge in [-0.3, -0.25) is 16.0 Å². The zero-order chi connectivity index (χ0) is 11.5. The summed E-state index contributed by atoms with van der Waals surface area (Å²) in [5.74, 6) is 6.39. The Bertz CT molecular complexity index is 339. The van der Waals surface area contributed by atoms with Gasteiger partial charge in [-0.1, -0.05) is 19.3 Å². The molecule has 1 fully saturated rings. The summed E-state index contributed by atoms with van der Waals surface area (Å²) in [5.41, 5.74) is 5.34. The molecule has 0 saturated heterocycles. The SMILES string of the molecule is Cc1nn(C)cc1C(NN)C1CCCCC1. The second kappa shape index (κ2) is 4.97. The number of hydrogen-bond acceptors (Lipinski definition) is 3. The third-order valence-corrected chi connectivity index (χ3v) is 3.69. The van der Waals surface area contributed by atoms with Gasteiger partial charge in [0.05, 0.1) is 11.7 Å². The molecule has 0 aromatic carbocycles. The minimum absolute atomic E-state index is 0.272. The van der Waals surface area contributed by atoms with Crippen LogP contribution in [-0.2, 0) is 7.05 Å². The summed E-state index contributed by atoms with van der Waals surface area (Å²) in [6.07, 6.45) is 8.70. The van der Waals surface area contributed by atoms with Gasteiger partial charge in [0.25, 0.3) is 0 Å². The lowest BCUT2D eigenvalue weighted by molar-refractivity contribution is 0.273. The number of nitrogens with one attached hydrogen (secondary N) is 1. The van der Waals surface area contributed by atoms with Crippen molar-refractivity contribution in [2.24, 2.45) is 18.8 Å². The van der Waals surface area contributed by atoms with Gasteiger partial charge in [-0.2, -0.15) is 5.10 Å². The molecule has 4 heteroatoms. The van der Waals surface area contributed by atoms with E-state index in [1.807, 2.05) is 11.7 Å². The van der Waals surface area contributed by atoms with Crippen LogP contribution in [0.2, 0.25) is 0 Å². The van der Waals surface area contributed by atoms with Crippen LogP contribution in [0.4, 0.5) is 0 Å². The Balaban J connectivity index is 2.17. The molecule has 0 aliphatic heterocycles. The van der Waals surface area contributed by atoms with E-state index in [0.717, 1.165) is 5.69 Å². The second-order valence-corrected chi connectivity index (χ2v) is 4.89. The summed E-state index contributed by atoms with van der Waals surface area (Å²) < 4.78 is 1.87. The highest BCUT2D eigenvalue weighted by Gasteiger charge is 2.26. The van der Waals surface area contributed by atoms with Gasteiger partial charge >= 0.3 is 0 Å². The van der Waals surface area contributed by atoms with Gasteiger partial charge in [0.1, 0.15) is 0 Å². The van der Waals surface area contributed by atoms with E-state index in [0.29, 0.717) is 5.92 Å². The molecule has 1 aromatic rings. The summed E-state index contributed by atoms with van der Waals surface area (Å²) >= 11 is 0. The Kier molecular flexibility index (Phi) is 3.61. The van der Waals surface area contributed by atoms with Gasteiger partial charge in [0, 0.05) is 18.8 Å². The van der Waals surface area contributed by atoms with Gasteiger partial charge in [-0.05, 0) is 25.7 Å². The van der Waals surface area contributed by atoms with Crippen molar-refractivity contribution in [3.63, 3.8) is 0 Å². The van der Waals surface area contributed by atoms with Crippen LogP contribution in [0.25, 0.3) is 0 Å². The maximum atomic E-state index is 5.73. The maximum Gasteiger partial charge on any atom is 0.0642 e. The van der Waals surface area contributed by atoms with Gasteiger partial charge in [-0.25, -0.2) is 0 Å². The van der Waals surface area contributed by atoms with Crippen molar-refractivity contribution in [3.8, 4) is 0 Å². The van der Waals surface area contributed by atoms with Crippen LogP contribution < -0.4 is 11.3 Å². The zero-order valence-electron chi connectivity index (χ0n) is 10.2. The van der Waals surface area contributed by atoms with E-state index >= 15 is 0 Å². The maximum absolute atomic E-state index is 5.73. The highest BCUT2D eigenvalue weighted by molar-refractivity contribution is 5.20. The zero-order valence-corrected chi connectivity index (χ0v) is 10.2. The van der Waals surface area contributed by atoms with E-state index in [-0.39, 0.29) is 6.04 Å². The van der Waals surface area contributed by atoms with Crippen LogP contribution in [-0.4, -0.2) is 9.78 Å². The molecular weight excluding hydrogens is 200 g/mol. The Labute approximate surface area is 97.2 Å². The normalized spacial score (nSPS) is 19.9. The average molecular weight is 222 g/mol. The standard InChI is InChI=1S/C12H22N4/c1-9-11(8-16(2)15-9)12(14-13)10-6-4-3-5-7-10/h8,10,12,14H,3-7,13H2,1-2H3. The third-order valence-electron chi connectivity index (χ3n) is 3.69. The molecule has 0 amide bonds. The van der Waals surface area contributed by atoms with Crippen LogP contribution in [0.5, 0.6) is 0 Å². The van der Waals surface area contributed by atoms with Crippen molar-refractivity contribution in [3.05, 3.63) is 17.5 Å². The highest BCUT2D eigenvalue weighted by atomic mass is 15.3. The summed E-state index contributed by atoms with van der Waals surface area (Å²) in [4.78, 5) is 0. The van der Waals surface area contributed by atoms with Crippen LogP contribution in [0.1, 0.15) is 49.4 Å². The second-order valence-electron chi connectivity index (χ2n) is 4.89. The van der Waals surface area contributed by atoms with E-state index in [1.165, 1.54) is 37.7 Å². The van der Waals surface area contributed by atoms with Crippen molar-refractivity contribution in [2.75, 3.05) is 0 Å². The number of hydrazine groups is 1. The first-order chi connectivity index (χ1) is 7.72. The fraction of sp³-hybridized carbons (Fsp3) is 0.750. The van der Waals surface area contributed by atoms with Crippen molar-refractivity contribution < 1.29 is 0 Å². The molecule has 90 valence electrons. The largest absolute Gasteiger partial charge is 0.275 e. The number of aryl methyl sites for hydroxylation is 2. The van der Waals surface area contributed by atoms with Gasteiger partial charge in [0.15, 0.2) is 0 Å². The fourth-order valence-corrected chi connectivity index (χ4v) is 2.87. The molecule has 0 bridgehead atoms. The molecule has 0 spiro atoms. The lowest BCUT2D eigenvalue weighted by Crippen LogP contribution is -2.34. The van der Waals surface area contributed by atoms with E-state index in [9.17, 15) is 0 Å². The monoisotopic (exact) mass is 222 g/mol. The molecule has 1 aliphatic rings. The number of rotatable bonds is 3. The third kappa shape index (κ3) is 2.28. The predicted molar refractivity (Wildman–Crippen MR) is 64.6 cm³/mol. The molecule has 0 radical (unpaired) electrons. The van der Waals surface area contributed by atoms with Gasteiger partial charge < -0.3 is 0 Å². The summed E-state index contributed by atoms with van der Waals surface area (Å²) in [6.45, 7) is 2.06. The van der Waals surface area contributed by atoms with Crippen molar-refractivity contribution in [2.45, 2.75) is 45.1 Å². The van der Waals surface area contributed by atoms with Crippen LogP contribution >= 0.6 is 0 Å². The molecule has 4 nitrogen and oxygen atoms in total. The average Bonchev–Trinajstić information content (AvgIpc) is 2.61. The Morgan fingerprint density at radius 2 is 2.12 bits per heavy atom. The summed E-state index contributed by atoms with van der Waals surface area (Å²) in [6, 6.07) is 0.272. The molecule has 1 saturated carbocycles. The van der Waals surface area contributed by atoms with E-state index in [1.54, 1.807) is 0 Å². The first-order valence-electron chi connectivity index (χ1n) is 6.18. The summed E-state index contributed by atoms with van der Waals surface area (Å²) in [5, 5.41) is 4.40. The molecule has 3 N–H and O–H groups in total. The fourth-order valence-electron chi connectivity index (χ4n) is 2.87. The molecule has 1 unspecified atom stereocenters. The quantitative estimate of drug-likeness (QED) is 0.606. The van der Waals surface area contributed by atoms with Crippen molar-refractivity contribution in [1.82, 2.24) is 15.2 Å². The molecule has 1 heterocycles. The first-order valence-corrected chi connectivity index (χ1v) is 6.18. The molecule has 1 atom stereocenters. The predicted octanol–water partition coefficient (Wildman–Crippen LogP) is 1.81. The minimum Gasteiger partial charge on any atom is -0.275 e. The van der Waals surface area contributed by atoms with Crippen molar-refractivity contribution in [1.29, 1.82) is 0 Å². The lowest BCUT2D eigenvalue weighted by atomic mass is 9.81. The Hall–Kier alpha value is -0.870. The van der Waals surface area contributed by atoms with E-state index in [2.05, 4.69) is 23.6 Å². The summed E-state index contributed by atoms with van der Waals surface area (Å²) in [7, 11) is 1.96. The first kappa shape index (κ1) is 11.6. The van der Waals surface area contributed by atoms with E-state index < -0.39 is 0 Å². The topological polar surface area (TPSA) is 55.9 Å². The van der Waals surface area contributed by atoms with Crippen molar-refractivity contribution >= 4 is 0 Å². The molecule has 1 aromatic heterocycles. The van der Waals surface area contributed by atoms with Gasteiger partial charge in [0.2, 0.25) is 0 Å². The lowest BCUT2D eigenvalue weighted by Gasteiger charge is -2.29. The number of nitrogens with two attached hydrogens (primary N) is 1. The smallest absolute Gasteiger partial charge is 0.0642 e. The van der Waals surface area contributed by atoms with Gasteiger partial charge in [-0.15, -0.1) is 0 Å². The Morgan fingerprint density at radius 3 is 2.62 bits per heavy atom. The molecule has 2 rings (SSSR count). The number of nitrogens with zero attached hydrogens (tertiary/aromatic N) is 2. The minimum atomic E-state index is 0.272. The molecule has 16 heavy (non-hydrogen) atoms. The Morgan fingerprint density at radius 1 is 1.44 bits per heavy atom. The molecule has 1 aliphatic carbocycles. The number of aromatic nitrogens is 2. The highest BCUT2D eigenvalue weighted by Crippen LogP contribution is 2.34.